The minimum Gasteiger partial charge on any atom is -0.310 e. The molecule has 0 bridgehead atoms. The molecule has 4 heteroatoms. The zero-order chi connectivity index (χ0) is 14.3. The van der Waals surface area contributed by atoms with E-state index >= 15 is 0 Å². The van der Waals surface area contributed by atoms with Crippen LogP contribution in [0.5, 0.6) is 0 Å². The van der Waals surface area contributed by atoms with Crippen LogP contribution in [-0.2, 0) is 0 Å². The van der Waals surface area contributed by atoms with Gasteiger partial charge in [-0.15, -0.1) is 0 Å². The van der Waals surface area contributed by atoms with E-state index in [1.54, 1.807) is 0 Å². The van der Waals surface area contributed by atoms with E-state index in [4.69, 9.17) is 0 Å². The molecule has 0 aliphatic rings. The Morgan fingerprint density at radius 3 is 2.53 bits per heavy atom. The summed E-state index contributed by atoms with van der Waals surface area (Å²) in [6, 6.07) is 3.41. The first kappa shape index (κ1) is 16.1. The van der Waals surface area contributed by atoms with Gasteiger partial charge in [0.05, 0.1) is 0 Å². The van der Waals surface area contributed by atoms with Crippen molar-refractivity contribution in [3.05, 3.63) is 35.4 Å². The summed E-state index contributed by atoms with van der Waals surface area (Å²) in [5, 5.41) is 3.24. The van der Waals surface area contributed by atoms with Gasteiger partial charge in [0.25, 0.3) is 0 Å². The van der Waals surface area contributed by atoms with Crippen molar-refractivity contribution in [2.24, 2.45) is 0 Å². The molecule has 1 unspecified atom stereocenters. The van der Waals surface area contributed by atoms with Gasteiger partial charge in [0, 0.05) is 11.6 Å². The number of rotatable bonds is 8. The summed E-state index contributed by atoms with van der Waals surface area (Å²) in [5.41, 5.74) is 0.392. The van der Waals surface area contributed by atoms with E-state index < -0.39 is 5.82 Å². The van der Waals surface area contributed by atoms with Crippen molar-refractivity contribution in [3.8, 4) is 0 Å². The first-order chi connectivity index (χ1) is 9.08. The molecule has 0 saturated carbocycles. The minimum absolute atomic E-state index is 0.174. The van der Waals surface area contributed by atoms with Crippen LogP contribution in [0.3, 0.4) is 0 Å². The van der Waals surface area contributed by atoms with E-state index in [2.05, 4.69) is 24.1 Å². The standard InChI is InChI=1S/C15H24F2N2/c1-4-19(5-2)10-6-9-18-12(3)14-11-13(16)7-8-15(14)17/h7-8,11-12,18H,4-6,9-10H2,1-3H3. The molecule has 0 spiro atoms. The van der Waals surface area contributed by atoms with Gasteiger partial charge < -0.3 is 10.2 Å². The lowest BCUT2D eigenvalue weighted by molar-refractivity contribution is 0.296. The lowest BCUT2D eigenvalue weighted by Crippen LogP contribution is -2.28. The second kappa shape index (κ2) is 8.23. The van der Waals surface area contributed by atoms with Gasteiger partial charge in [0.2, 0.25) is 0 Å². The van der Waals surface area contributed by atoms with Gasteiger partial charge in [-0.1, -0.05) is 13.8 Å². The molecule has 1 atom stereocenters. The number of nitrogens with zero attached hydrogens (tertiary/aromatic N) is 1. The molecule has 1 N–H and O–H groups in total. The Balaban J connectivity index is 2.39. The van der Waals surface area contributed by atoms with Crippen molar-refractivity contribution in [2.75, 3.05) is 26.2 Å². The Morgan fingerprint density at radius 2 is 1.89 bits per heavy atom. The topological polar surface area (TPSA) is 15.3 Å². The van der Waals surface area contributed by atoms with Crippen molar-refractivity contribution >= 4 is 0 Å². The van der Waals surface area contributed by atoms with Crippen LogP contribution in [0.25, 0.3) is 0 Å². The smallest absolute Gasteiger partial charge is 0.128 e. The zero-order valence-corrected chi connectivity index (χ0v) is 12.0. The fourth-order valence-electron chi connectivity index (χ4n) is 2.12. The molecule has 19 heavy (non-hydrogen) atoms. The van der Waals surface area contributed by atoms with Gasteiger partial charge in [0.15, 0.2) is 0 Å². The van der Waals surface area contributed by atoms with E-state index in [0.717, 1.165) is 38.7 Å². The highest BCUT2D eigenvalue weighted by atomic mass is 19.1. The molecule has 0 aromatic heterocycles. The first-order valence-corrected chi connectivity index (χ1v) is 6.99. The van der Waals surface area contributed by atoms with E-state index in [1.165, 1.54) is 12.1 Å². The highest BCUT2D eigenvalue weighted by Crippen LogP contribution is 2.17. The molecule has 0 heterocycles. The van der Waals surface area contributed by atoms with Crippen molar-refractivity contribution < 1.29 is 8.78 Å². The van der Waals surface area contributed by atoms with Crippen LogP contribution < -0.4 is 5.32 Å². The molecule has 1 rings (SSSR count). The Kier molecular flexibility index (Phi) is 6.95. The Hall–Kier alpha value is -1.00. The average Bonchev–Trinajstić information content (AvgIpc) is 2.41. The van der Waals surface area contributed by atoms with E-state index in [-0.39, 0.29) is 11.9 Å². The van der Waals surface area contributed by atoms with Crippen molar-refractivity contribution in [1.29, 1.82) is 0 Å². The summed E-state index contributed by atoms with van der Waals surface area (Å²) >= 11 is 0. The molecule has 0 aliphatic heterocycles. The van der Waals surface area contributed by atoms with Gasteiger partial charge in [-0.25, -0.2) is 8.78 Å². The van der Waals surface area contributed by atoms with Gasteiger partial charge in [0.1, 0.15) is 11.6 Å². The van der Waals surface area contributed by atoms with Crippen molar-refractivity contribution in [2.45, 2.75) is 33.2 Å². The molecule has 0 saturated heterocycles. The number of benzene rings is 1. The number of hydrogen-bond acceptors (Lipinski definition) is 2. The molecular formula is C15H24F2N2. The molecule has 1 aromatic rings. The molecule has 0 radical (unpaired) electrons. The monoisotopic (exact) mass is 270 g/mol. The third kappa shape index (κ3) is 5.25. The van der Waals surface area contributed by atoms with Crippen LogP contribution in [0.1, 0.15) is 38.8 Å². The van der Waals surface area contributed by atoms with Crippen LogP contribution >= 0.6 is 0 Å². The van der Waals surface area contributed by atoms with Crippen LogP contribution in [0, 0.1) is 11.6 Å². The molecule has 1 aromatic carbocycles. The van der Waals surface area contributed by atoms with Crippen molar-refractivity contribution in [1.82, 2.24) is 10.2 Å². The molecule has 2 nitrogen and oxygen atoms in total. The highest BCUT2D eigenvalue weighted by Gasteiger charge is 2.11. The van der Waals surface area contributed by atoms with Crippen LogP contribution in [0.2, 0.25) is 0 Å². The predicted octanol–water partition coefficient (Wildman–Crippen LogP) is 3.35. The quantitative estimate of drug-likeness (QED) is 0.729. The third-order valence-corrected chi connectivity index (χ3v) is 3.42. The summed E-state index contributed by atoms with van der Waals surface area (Å²) < 4.78 is 26.6. The van der Waals surface area contributed by atoms with E-state index in [9.17, 15) is 8.78 Å². The average molecular weight is 270 g/mol. The summed E-state index contributed by atoms with van der Waals surface area (Å²) in [4.78, 5) is 2.34. The second-order valence-corrected chi connectivity index (χ2v) is 4.72. The van der Waals surface area contributed by atoms with Crippen molar-refractivity contribution in [3.63, 3.8) is 0 Å². The van der Waals surface area contributed by atoms with Crippen LogP contribution in [0.4, 0.5) is 8.78 Å². The molecule has 108 valence electrons. The zero-order valence-electron chi connectivity index (χ0n) is 12.0. The normalized spacial score (nSPS) is 12.9. The molecule has 0 aliphatic carbocycles. The fourth-order valence-corrected chi connectivity index (χ4v) is 2.12. The van der Waals surface area contributed by atoms with Gasteiger partial charge in [-0.2, -0.15) is 0 Å². The maximum absolute atomic E-state index is 13.6. The molecule has 0 fully saturated rings. The lowest BCUT2D eigenvalue weighted by Gasteiger charge is -2.19. The summed E-state index contributed by atoms with van der Waals surface area (Å²) in [7, 11) is 0. The van der Waals surface area contributed by atoms with E-state index in [1.807, 2.05) is 6.92 Å². The SMILES string of the molecule is CCN(CC)CCCNC(C)c1cc(F)ccc1F. The highest BCUT2D eigenvalue weighted by molar-refractivity contribution is 5.21. The van der Waals surface area contributed by atoms with Gasteiger partial charge >= 0.3 is 0 Å². The second-order valence-electron chi connectivity index (χ2n) is 4.72. The van der Waals surface area contributed by atoms with Gasteiger partial charge in [-0.05, 0) is 57.7 Å². The lowest BCUT2D eigenvalue weighted by atomic mass is 10.1. The minimum atomic E-state index is -0.395. The first-order valence-electron chi connectivity index (χ1n) is 6.99. The van der Waals surface area contributed by atoms with Gasteiger partial charge in [-0.3, -0.25) is 0 Å². The number of nitrogens with one attached hydrogen (secondary N) is 1. The molecular weight excluding hydrogens is 246 g/mol. The molecule has 0 amide bonds. The fraction of sp³-hybridized carbons (Fsp3) is 0.600. The Labute approximate surface area is 114 Å². The summed E-state index contributed by atoms with van der Waals surface area (Å²) in [6.45, 7) is 10.1. The van der Waals surface area contributed by atoms with E-state index in [0.29, 0.717) is 5.56 Å². The van der Waals surface area contributed by atoms with Crippen LogP contribution in [0.15, 0.2) is 18.2 Å². The summed E-state index contributed by atoms with van der Waals surface area (Å²) in [5.74, 6) is -0.752. The largest absolute Gasteiger partial charge is 0.310 e. The third-order valence-electron chi connectivity index (χ3n) is 3.42. The van der Waals surface area contributed by atoms with Crippen LogP contribution in [-0.4, -0.2) is 31.1 Å². The predicted molar refractivity (Wildman–Crippen MR) is 75.2 cm³/mol. The Morgan fingerprint density at radius 1 is 1.21 bits per heavy atom. The Bertz CT molecular complexity index is 378. The number of halogens is 2. The number of hydrogen-bond donors (Lipinski definition) is 1. The maximum atomic E-state index is 13.6. The summed E-state index contributed by atoms with van der Waals surface area (Å²) in [6.07, 6.45) is 1.00. The maximum Gasteiger partial charge on any atom is 0.128 e.